The van der Waals surface area contributed by atoms with Gasteiger partial charge in [0.1, 0.15) is 11.6 Å². The fourth-order valence-electron chi connectivity index (χ4n) is 3.55. The van der Waals surface area contributed by atoms with Crippen LogP contribution >= 0.6 is 11.6 Å². The molecule has 2 aromatic heterocycles. The van der Waals surface area contributed by atoms with Gasteiger partial charge in [0.2, 0.25) is 5.89 Å². The number of halogens is 2. The van der Waals surface area contributed by atoms with E-state index in [1.54, 1.807) is 19.2 Å². The second-order valence-electron chi connectivity index (χ2n) is 7.13. The average molecular weight is 420 g/mol. The first-order chi connectivity index (χ1) is 14.1. The minimum absolute atomic E-state index is 0.204. The van der Waals surface area contributed by atoms with Crippen molar-refractivity contribution in [2.24, 2.45) is 0 Å². The van der Waals surface area contributed by atoms with E-state index in [0.29, 0.717) is 46.4 Å². The summed E-state index contributed by atoms with van der Waals surface area (Å²) in [6.45, 7) is 5.52. The molecule has 9 heteroatoms. The van der Waals surface area contributed by atoms with Gasteiger partial charge in [0.15, 0.2) is 11.6 Å². The number of benzene rings is 1. The number of methoxy groups -OCH3 is 1. The van der Waals surface area contributed by atoms with Gasteiger partial charge in [-0.3, -0.25) is 9.88 Å². The number of hydrogen-bond acceptors (Lipinski definition) is 7. The summed E-state index contributed by atoms with van der Waals surface area (Å²) in [7, 11) is 1.61. The number of aromatic nitrogens is 3. The SMILES string of the molecule is COC(C)c1noc(CN2CCCN(c3ccc4c(Cl)ccnc4c3F)CC2)n1. The van der Waals surface area contributed by atoms with Gasteiger partial charge in [0.05, 0.1) is 17.3 Å². The Morgan fingerprint density at radius 1 is 1.24 bits per heavy atom. The molecule has 1 aliphatic heterocycles. The van der Waals surface area contributed by atoms with Crippen molar-refractivity contribution >= 4 is 28.2 Å². The maximum absolute atomic E-state index is 15.1. The maximum Gasteiger partial charge on any atom is 0.240 e. The van der Waals surface area contributed by atoms with E-state index in [9.17, 15) is 0 Å². The Morgan fingerprint density at radius 2 is 2.10 bits per heavy atom. The van der Waals surface area contributed by atoms with E-state index in [1.165, 1.54) is 6.20 Å². The van der Waals surface area contributed by atoms with Gasteiger partial charge in [0, 0.05) is 44.9 Å². The van der Waals surface area contributed by atoms with E-state index in [-0.39, 0.29) is 11.9 Å². The number of hydrogen-bond donors (Lipinski definition) is 0. The van der Waals surface area contributed by atoms with E-state index in [2.05, 4.69) is 24.9 Å². The van der Waals surface area contributed by atoms with Gasteiger partial charge in [-0.1, -0.05) is 16.8 Å². The molecule has 0 spiro atoms. The molecule has 1 aromatic carbocycles. The zero-order valence-corrected chi connectivity index (χ0v) is 17.2. The van der Waals surface area contributed by atoms with Crippen LogP contribution in [0.25, 0.3) is 10.9 Å². The number of ether oxygens (including phenoxy) is 1. The van der Waals surface area contributed by atoms with Gasteiger partial charge in [-0.05, 0) is 31.5 Å². The van der Waals surface area contributed by atoms with Crippen molar-refractivity contribution < 1.29 is 13.7 Å². The van der Waals surface area contributed by atoms with Crippen LogP contribution in [0.15, 0.2) is 28.9 Å². The molecular formula is C20H23ClFN5O2. The highest BCUT2D eigenvalue weighted by Crippen LogP contribution is 2.30. The Hall–Kier alpha value is -2.29. The lowest BCUT2D eigenvalue weighted by Gasteiger charge is -2.24. The van der Waals surface area contributed by atoms with Crippen LogP contribution in [0.3, 0.4) is 0 Å². The van der Waals surface area contributed by atoms with Gasteiger partial charge in [-0.15, -0.1) is 0 Å². The molecule has 29 heavy (non-hydrogen) atoms. The fourth-order valence-corrected chi connectivity index (χ4v) is 3.76. The average Bonchev–Trinajstić information content (AvgIpc) is 3.07. The molecule has 1 aliphatic rings. The van der Waals surface area contributed by atoms with Gasteiger partial charge >= 0.3 is 0 Å². The van der Waals surface area contributed by atoms with E-state index in [0.717, 1.165) is 26.1 Å². The summed E-state index contributed by atoms with van der Waals surface area (Å²) < 4.78 is 25.7. The Balaban J connectivity index is 1.46. The summed E-state index contributed by atoms with van der Waals surface area (Å²) >= 11 is 6.17. The molecule has 1 saturated heterocycles. The minimum atomic E-state index is -0.325. The van der Waals surface area contributed by atoms with Crippen LogP contribution in [0, 0.1) is 5.82 Å². The van der Waals surface area contributed by atoms with Crippen LogP contribution < -0.4 is 4.90 Å². The van der Waals surface area contributed by atoms with E-state index in [4.69, 9.17) is 20.9 Å². The third-order valence-corrected chi connectivity index (χ3v) is 5.60. The van der Waals surface area contributed by atoms with Crippen LogP contribution in [0.2, 0.25) is 5.02 Å². The Kier molecular flexibility index (Phi) is 5.94. The number of rotatable bonds is 5. The number of anilines is 1. The molecule has 0 bridgehead atoms. The first-order valence-corrected chi connectivity index (χ1v) is 10.00. The quantitative estimate of drug-likeness (QED) is 0.622. The van der Waals surface area contributed by atoms with E-state index < -0.39 is 0 Å². The van der Waals surface area contributed by atoms with Crippen molar-refractivity contribution in [2.75, 3.05) is 38.2 Å². The van der Waals surface area contributed by atoms with Crippen molar-refractivity contribution in [1.82, 2.24) is 20.0 Å². The molecule has 0 aliphatic carbocycles. The molecule has 0 saturated carbocycles. The van der Waals surface area contributed by atoms with E-state index in [1.807, 2.05) is 13.0 Å². The minimum Gasteiger partial charge on any atom is -0.374 e. The largest absolute Gasteiger partial charge is 0.374 e. The molecular weight excluding hydrogens is 397 g/mol. The third-order valence-electron chi connectivity index (χ3n) is 5.27. The van der Waals surface area contributed by atoms with Crippen LogP contribution in [0.5, 0.6) is 0 Å². The topological polar surface area (TPSA) is 67.5 Å². The molecule has 0 amide bonds. The Morgan fingerprint density at radius 3 is 2.93 bits per heavy atom. The normalized spacial score (nSPS) is 16.9. The van der Waals surface area contributed by atoms with Gasteiger partial charge in [-0.2, -0.15) is 4.98 Å². The molecule has 0 N–H and O–H groups in total. The standard InChI is InChI=1S/C20H23ClFN5O2/c1-13(28-2)20-24-17(29-25-20)12-26-8-3-9-27(11-10-26)16-5-4-14-15(21)6-7-23-19(14)18(16)22/h4-7,13H,3,8-12H2,1-2H3. The van der Waals surface area contributed by atoms with Gasteiger partial charge in [-0.25, -0.2) is 4.39 Å². The van der Waals surface area contributed by atoms with Crippen LogP contribution in [0.4, 0.5) is 10.1 Å². The van der Waals surface area contributed by atoms with Crippen LogP contribution in [-0.2, 0) is 11.3 Å². The smallest absolute Gasteiger partial charge is 0.240 e. The Bertz CT molecular complexity index is 998. The summed E-state index contributed by atoms with van der Waals surface area (Å²) in [5.74, 6) is 0.782. The van der Waals surface area contributed by atoms with Crippen LogP contribution in [-0.4, -0.2) is 53.3 Å². The van der Waals surface area contributed by atoms with Crippen molar-refractivity contribution in [2.45, 2.75) is 26.0 Å². The first kappa shape index (κ1) is 20.0. The molecule has 1 fully saturated rings. The fraction of sp³-hybridized carbons (Fsp3) is 0.450. The molecule has 154 valence electrons. The molecule has 3 aromatic rings. The maximum atomic E-state index is 15.1. The molecule has 1 atom stereocenters. The summed E-state index contributed by atoms with van der Waals surface area (Å²) in [5, 5.41) is 5.10. The second-order valence-corrected chi connectivity index (χ2v) is 7.54. The lowest BCUT2D eigenvalue weighted by atomic mass is 10.1. The predicted molar refractivity (Wildman–Crippen MR) is 109 cm³/mol. The highest BCUT2D eigenvalue weighted by atomic mass is 35.5. The van der Waals surface area contributed by atoms with Crippen molar-refractivity contribution in [3.8, 4) is 0 Å². The zero-order chi connectivity index (χ0) is 20.4. The van der Waals surface area contributed by atoms with Gasteiger partial charge in [0.25, 0.3) is 0 Å². The predicted octanol–water partition coefficient (Wildman–Crippen LogP) is 3.83. The number of pyridine rings is 1. The summed E-state index contributed by atoms with van der Waals surface area (Å²) in [4.78, 5) is 12.9. The monoisotopic (exact) mass is 419 g/mol. The highest BCUT2D eigenvalue weighted by Gasteiger charge is 2.22. The molecule has 4 rings (SSSR count). The highest BCUT2D eigenvalue weighted by molar-refractivity contribution is 6.35. The molecule has 1 unspecified atom stereocenters. The number of fused-ring (bicyclic) bond motifs is 1. The second kappa shape index (κ2) is 8.61. The van der Waals surface area contributed by atoms with Gasteiger partial charge < -0.3 is 14.2 Å². The zero-order valence-electron chi connectivity index (χ0n) is 16.4. The Labute approximate surface area is 173 Å². The number of nitrogens with zero attached hydrogens (tertiary/aromatic N) is 5. The summed E-state index contributed by atoms with van der Waals surface area (Å²) in [5.41, 5.74) is 0.866. The first-order valence-electron chi connectivity index (χ1n) is 9.62. The van der Waals surface area contributed by atoms with Crippen molar-refractivity contribution in [1.29, 1.82) is 0 Å². The third kappa shape index (κ3) is 4.19. The summed E-state index contributed by atoms with van der Waals surface area (Å²) in [6, 6.07) is 5.29. The summed E-state index contributed by atoms with van der Waals surface area (Å²) in [6.07, 6.45) is 2.23. The molecule has 7 nitrogen and oxygen atoms in total. The van der Waals surface area contributed by atoms with Crippen molar-refractivity contribution in [3.05, 3.63) is 47.0 Å². The van der Waals surface area contributed by atoms with E-state index >= 15 is 4.39 Å². The van der Waals surface area contributed by atoms with Crippen LogP contribution in [0.1, 0.15) is 31.2 Å². The molecule has 0 radical (unpaired) electrons. The lowest BCUT2D eigenvalue weighted by molar-refractivity contribution is 0.109. The molecule has 3 heterocycles. The lowest BCUT2D eigenvalue weighted by Crippen LogP contribution is -2.31. The van der Waals surface area contributed by atoms with Crippen molar-refractivity contribution in [3.63, 3.8) is 0 Å².